The van der Waals surface area contributed by atoms with Gasteiger partial charge in [0.2, 0.25) is 5.91 Å². The molecule has 1 heterocycles. The van der Waals surface area contributed by atoms with E-state index >= 15 is 0 Å². The average Bonchev–Trinajstić information content (AvgIpc) is 2.62. The highest BCUT2D eigenvalue weighted by molar-refractivity contribution is 5.99. The maximum atomic E-state index is 13.8. The van der Waals surface area contributed by atoms with Crippen LogP contribution in [-0.2, 0) is 0 Å². The van der Waals surface area contributed by atoms with Crippen LogP contribution >= 0.6 is 0 Å². The number of rotatable bonds is 5. The molecule has 0 aliphatic carbocycles. The number of amides is 2. The number of benzene rings is 2. The Bertz CT molecular complexity index is 807. The van der Waals surface area contributed by atoms with Crippen LogP contribution in [0.5, 0.6) is 5.75 Å². The van der Waals surface area contributed by atoms with Crippen molar-refractivity contribution in [3.05, 3.63) is 65.0 Å². The number of fused-ring (bicyclic) bond motifs is 1. The Hall–Kier alpha value is -2.89. The zero-order chi connectivity index (χ0) is 17.8. The fourth-order valence-electron chi connectivity index (χ4n) is 3.02. The number of hydrogen-bond acceptors (Lipinski definition) is 3. The molecule has 1 aliphatic heterocycles. The van der Waals surface area contributed by atoms with Crippen molar-refractivity contribution >= 4 is 11.8 Å². The minimum absolute atomic E-state index is 0.102. The summed E-state index contributed by atoms with van der Waals surface area (Å²) in [4.78, 5) is 23.4. The minimum atomic E-state index is -0.701. The Labute approximate surface area is 145 Å². The Balaban J connectivity index is 1.62. The molecule has 2 aromatic carbocycles. The van der Waals surface area contributed by atoms with Crippen molar-refractivity contribution in [2.45, 2.75) is 18.8 Å². The molecule has 2 aromatic rings. The summed E-state index contributed by atoms with van der Waals surface area (Å²) in [5.41, 5.74) is 6.22. The van der Waals surface area contributed by atoms with Crippen molar-refractivity contribution in [2.75, 3.05) is 13.2 Å². The van der Waals surface area contributed by atoms with Crippen LogP contribution < -0.4 is 15.8 Å². The maximum Gasteiger partial charge on any atom is 0.254 e. The van der Waals surface area contributed by atoms with Crippen LogP contribution in [0, 0.1) is 5.82 Å². The normalized spacial score (nSPS) is 15.8. The fourth-order valence-corrected chi connectivity index (χ4v) is 3.02. The van der Waals surface area contributed by atoms with Crippen LogP contribution in [0.1, 0.15) is 45.0 Å². The highest BCUT2D eigenvalue weighted by Gasteiger charge is 2.21. The molecule has 0 radical (unpaired) electrons. The van der Waals surface area contributed by atoms with Gasteiger partial charge in [-0.15, -0.1) is 0 Å². The molecular formula is C19H19FN2O3. The number of ether oxygens (including phenoxy) is 1. The van der Waals surface area contributed by atoms with Crippen molar-refractivity contribution in [3.63, 3.8) is 0 Å². The predicted molar refractivity (Wildman–Crippen MR) is 91.2 cm³/mol. The van der Waals surface area contributed by atoms with E-state index in [4.69, 9.17) is 10.5 Å². The van der Waals surface area contributed by atoms with E-state index in [1.807, 2.05) is 24.3 Å². The highest BCUT2D eigenvalue weighted by atomic mass is 19.1. The molecule has 1 aliphatic rings. The van der Waals surface area contributed by atoms with E-state index in [1.54, 1.807) is 0 Å². The number of carbonyl (C=O) groups excluding carboxylic acids is 2. The van der Waals surface area contributed by atoms with Crippen molar-refractivity contribution < 1.29 is 18.7 Å². The summed E-state index contributed by atoms with van der Waals surface area (Å²) in [6, 6.07) is 11.4. The molecule has 3 N–H and O–H groups in total. The third-order valence-corrected chi connectivity index (χ3v) is 4.36. The molecule has 25 heavy (non-hydrogen) atoms. The topological polar surface area (TPSA) is 81.4 Å². The first-order valence-corrected chi connectivity index (χ1v) is 8.15. The summed E-state index contributed by atoms with van der Waals surface area (Å²) in [6.45, 7) is 1.04. The summed E-state index contributed by atoms with van der Waals surface area (Å²) >= 11 is 0. The molecule has 6 heteroatoms. The summed E-state index contributed by atoms with van der Waals surface area (Å²) in [6.07, 6.45) is 1.60. The van der Waals surface area contributed by atoms with Gasteiger partial charge in [0.25, 0.3) is 5.91 Å². The van der Waals surface area contributed by atoms with Crippen LogP contribution in [0.2, 0.25) is 0 Å². The van der Waals surface area contributed by atoms with E-state index in [0.717, 1.165) is 30.2 Å². The zero-order valence-corrected chi connectivity index (χ0v) is 13.6. The van der Waals surface area contributed by atoms with Crippen molar-refractivity contribution in [1.29, 1.82) is 0 Å². The number of nitrogens with one attached hydrogen (secondary N) is 1. The van der Waals surface area contributed by atoms with Crippen LogP contribution in [0.15, 0.2) is 42.5 Å². The summed E-state index contributed by atoms with van der Waals surface area (Å²) in [7, 11) is 0. The molecule has 1 unspecified atom stereocenters. The van der Waals surface area contributed by atoms with Gasteiger partial charge in [0.15, 0.2) is 0 Å². The Morgan fingerprint density at radius 1 is 1.24 bits per heavy atom. The summed E-state index contributed by atoms with van der Waals surface area (Å²) in [5.74, 6) is -0.773. The van der Waals surface area contributed by atoms with Gasteiger partial charge in [0.05, 0.1) is 12.2 Å². The zero-order valence-electron chi connectivity index (χ0n) is 13.6. The second-order valence-electron chi connectivity index (χ2n) is 5.98. The second kappa shape index (κ2) is 7.34. The van der Waals surface area contributed by atoms with Gasteiger partial charge in [-0.3, -0.25) is 9.59 Å². The van der Waals surface area contributed by atoms with Gasteiger partial charge < -0.3 is 15.8 Å². The molecule has 1 atom stereocenters. The second-order valence-corrected chi connectivity index (χ2v) is 5.98. The van der Waals surface area contributed by atoms with E-state index in [9.17, 15) is 14.0 Å². The van der Waals surface area contributed by atoms with Gasteiger partial charge in [-0.25, -0.2) is 4.39 Å². The smallest absolute Gasteiger partial charge is 0.254 e. The quantitative estimate of drug-likeness (QED) is 0.876. The largest absolute Gasteiger partial charge is 0.493 e. The van der Waals surface area contributed by atoms with E-state index in [1.165, 1.54) is 12.1 Å². The SMILES string of the molecule is NC(=O)c1ccc(F)c(C(=O)NCCC2CCOc3ccccc32)c1. The Morgan fingerprint density at radius 2 is 2.04 bits per heavy atom. The number of halogens is 1. The first-order valence-electron chi connectivity index (χ1n) is 8.15. The fraction of sp³-hybridized carbons (Fsp3) is 0.263. The highest BCUT2D eigenvalue weighted by Crippen LogP contribution is 2.35. The average molecular weight is 342 g/mol. The molecule has 0 bridgehead atoms. The molecule has 2 amide bonds. The summed E-state index contributed by atoms with van der Waals surface area (Å²) < 4.78 is 19.5. The number of carbonyl (C=O) groups is 2. The number of hydrogen-bond donors (Lipinski definition) is 2. The lowest BCUT2D eigenvalue weighted by atomic mass is 9.90. The standard InChI is InChI=1S/C19H19FN2O3/c20-16-6-5-13(18(21)23)11-15(16)19(24)22-9-7-12-8-10-25-17-4-2-1-3-14(12)17/h1-6,11-12H,7-10H2,(H2,21,23)(H,22,24). The summed E-state index contributed by atoms with van der Waals surface area (Å²) in [5, 5.41) is 2.71. The maximum absolute atomic E-state index is 13.8. The molecule has 3 rings (SSSR count). The number of para-hydroxylation sites is 1. The van der Waals surface area contributed by atoms with Crippen LogP contribution in [0.25, 0.3) is 0 Å². The molecule has 0 saturated carbocycles. The van der Waals surface area contributed by atoms with E-state index < -0.39 is 17.6 Å². The third kappa shape index (κ3) is 3.79. The minimum Gasteiger partial charge on any atom is -0.493 e. The van der Waals surface area contributed by atoms with E-state index in [-0.39, 0.29) is 17.0 Å². The van der Waals surface area contributed by atoms with E-state index in [0.29, 0.717) is 13.2 Å². The van der Waals surface area contributed by atoms with Crippen molar-refractivity contribution in [3.8, 4) is 5.75 Å². The van der Waals surface area contributed by atoms with Gasteiger partial charge >= 0.3 is 0 Å². The van der Waals surface area contributed by atoms with Crippen molar-refractivity contribution in [1.82, 2.24) is 5.32 Å². The molecule has 0 spiro atoms. The molecule has 0 fully saturated rings. The number of nitrogens with two attached hydrogens (primary N) is 1. The van der Waals surface area contributed by atoms with Gasteiger partial charge in [0, 0.05) is 12.1 Å². The first-order chi connectivity index (χ1) is 12.1. The van der Waals surface area contributed by atoms with Crippen LogP contribution in [0.3, 0.4) is 0 Å². The van der Waals surface area contributed by atoms with Gasteiger partial charge in [-0.05, 0) is 48.6 Å². The lowest BCUT2D eigenvalue weighted by Crippen LogP contribution is -2.28. The number of primary amides is 1. The molecule has 0 aromatic heterocycles. The lowest BCUT2D eigenvalue weighted by Gasteiger charge is -2.25. The first kappa shape index (κ1) is 17.0. The van der Waals surface area contributed by atoms with Gasteiger partial charge in [0.1, 0.15) is 11.6 Å². The monoisotopic (exact) mass is 342 g/mol. The predicted octanol–water partition coefficient (Wildman–Crippen LogP) is 2.61. The Kier molecular flexibility index (Phi) is 4.97. The van der Waals surface area contributed by atoms with Gasteiger partial charge in [-0.1, -0.05) is 18.2 Å². The Morgan fingerprint density at radius 3 is 2.84 bits per heavy atom. The molecule has 0 saturated heterocycles. The lowest BCUT2D eigenvalue weighted by molar-refractivity contribution is 0.0948. The van der Waals surface area contributed by atoms with Crippen molar-refractivity contribution in [2.24, 2.45) is 5.73 Å². The van der Waals surface area contributed by atoms with Gasteiger partial charge in [-0.2, -0.15) is 0 Å². The van der Waals surface area contributed by atoms with E-state index in [2.05, 4.69) is 5.32 Å². The third-order valence-electron chi connectivity index (χ3n) is 4.36. The molecule has 130 valence electrons. The van der Waals surface area contributed by atoms with Crippen LogP contribution in [-0.4, -0.2) is 25.0 Å². The molecule has 5 nitrogen and oxygen atoms in total. The van der Waals surface area contributed by atoms with Crippen LogP contribution in [0.4, 0.5) is 4.39 Å². The molecular weight excluding hydrogens is 323 g/mol.